The smallest absolute Gasteiger partial charge is 0.150 e. The van der Waals surface area contributed by atoms with Gasteiger partial charge < -0.3 is 9.84 Å². The van der Waals surface area contributed by atoms with Gasteiger partial charge >= 0.3 is 0 Å². The van der Waals surface area contributed by atoms with Crippen LogP contribution in [-0.4, -0.2) is 11.7 Å². The Morgan fingerprint density at radius 3 is 3.06 bits per heavy atom. The maximum Gasteiger partial charge on any atom is 0.150 e. The normalized spacial score (nSPS) is 17.9. The molecule has 82 valence electrons. The van der Waals surface area contributed by atoms with Gasteiger partial charge in [-0.15, -0.1) is 0 Å². The summed E-state index contributed by atoms with van der Waals surface area (Å²) < 4.78 is 5.02. The SMILES string of the molecule is c1ccc2c(c1)CC2CNCc1ccno1. The molecule has 0 saturated carbocycles. The third-order valence-corrected chi connectivity index (χ3v) is 3.14. The Hall–Kier alpha value is -1.61. The number of aromatic nitrogens is 1. The second-order valence-corrected chi connectivity index (χ2v) is 4.21. The first-order chi connectivity index (χ1) is 7.93. The minimum absolute atomic E-state index is 0.666. The van der Waals surface area contributed by atoms with E-state index in [2.05, 4.69) is 34.7 Å². The fraction of sp³-hybridized carbons (Fsp3) is 0.308. The van der Waals surface area contributed by atoms with Crippen molar-refractivity contribution in [2.24, 2.45) is 0 Å². The van der Waals surface area contributed by atoms with Crippen molar-refractivity contribution >= 4 is 0 Å². The molecule has 0 radical (unpaired) electrons. The first kappa shape index (κ1) is 9.60. The van der Waals surface area contributed by atoms with Crippen LogP contribution in [0.25, 0.3) is 0 Å². The summed E-state index contributed by atoms with van der Waals surface area (Å²) in [7, 11) is 0. The van der Waals surface area contributed by atoms with E-state index < -0.39 is 0 Å². The summed E-state index contributed by atoms with van der Waals surface area (Å²) in [5.74, 6) is 1.56. The number of nitrogens with one attached hydrogen (secondary N) is 1. The first-order valence-electron chi connectivity index (χ1n) is 5.61. The molecule has 1 heterocycles. The Morgan fingerprint density at radius 2 is 2.25 bits per heavy atom. The zero-order valence-corrected chi connectivity index (χ0v) is 9.02. The number of fused-ring (bicyclic) bond motifs is 1. The van der Waals surface area contributed by atoms with Crippen LogP contribution in [0.3, 0.4) is 0 Å². The minimum Gasteiger partial charge on any atom is -0.360 e. The van der Waals surface area contributed by atoms with E-state index in [0.717, 1.165) is 18.8 Å². The average molecular weight is 214 g/mol. The van der Waals surface area contributed by atoms with Crippen LogP contribution in [0.4, 0.5) is 0 Å². The van der Waals surface area contributed by atoms with Crippen molar-refractivity contribution in [1.82, 2.24) is 10.5 Å². The molecule has 1 aromatic heterocycles. The largest absolute Gasteiger partial charge is 0.360 e. The summed E-state index contributed by atoms with van der Waals surface area (Å²) in [6, 6.07) is 10.5. The molecule has 1 aliphatic carbocycles. The molecule has 0 spiro atoms. The van der Waals surface area contributed by atoms with Crippen LogP contribution in [0, 0.1) is 0 Å². The van der Waals surface area contributed by atoms with Gasteiger partial charge in [-0.3, -0.25) is 0 Å². The first-order valence-corrected chi connectivity index (χ1v) is 5.61. The molecule has 0 aliphatic heterocycles. The van der Waals surface area contributed by atoms with Crippen molar-refractivity contribution in [2.45, 2.75) is 18.9 Å². The third kappa shape index (κ3) is 1.74. The highest BCUT2D eigenvalue weighted by atomic mass is 16.5. The fourth-order valence-electron chi connectivity index (χ4n) is 2.25. The molecule has 2 aromatic rings. The Morgan fingerprint density at radius 1 is 1.31 bits per heavy atom. The molecule has 16 heavy (non-hydrogen) atoms. The maximum atomic E-state index is 5.02. The molecular weight excluding hydrogens is 200 g/mol. The van der Waals surface area contributed by atoms with Crippen LogP contribution in [0.15, 0.2) is 41.1 Å². The third-order valence-electron chi connectivity index (χ3n) is 3.14. The Balaban J connectivity index is 1.52. The van der Waals surface area contributed by atoms with E-state index in [1.165, 1.54) is 17.5 Å². The van der Waals surface area contributed by atoms with Crippen LogP contribution in [-0.2, 0) is 13.0 Å². The highest BCUT2D eigenvalue weighted by Gasteiger charge is 2.24. The van der Waals surface area contributed by atoms with Crippen molar-refractivity contribution in [3.8, 4) is 0 Å². The monoisotopic (exact) mass is 214 g/mol. The topological polar surface area (TPSA) is 38.1 Å². The van der Waals surface area contributed by atoms with E-state index in [-0.39, 0.29) is 0 Å². The molecule has 0 fully saturated rings. The summed E-state index contributed by atoms with van der Waals surface area (Å²) in [5, 5.41) is 7.07. The Bertz CT molecular complexity index is 465. The predicted octanol–water partition coefficient (Wildman–Crippen LogP) is 2.10. The lowest BCUT2D eigenvalue weighted by Gasteiger charge is -2.30. The van der Waals surface area contributed by atoms with Crippen molar-refractivity contribution < 1.29 is 4.52 Å². The predicted molar refractivity (Wildman–Crippen MR) is 61.1 cm³/mol. The van der Waals surface area contributed by atoms with Crippen LogP contribution >= 0.6 is 0 Å². The van der Waals surface area contributed by atoms with E-state index in [9.17, 15) is 0 Å². The number of rotatable bonds is 4. The number of hydrogen-bond acceptors (Lipinski definition) is 3. The summed E-state index contributed by atoms with van der Waals surface area (Å²) in [4.78, 5) is 0. The lowest BCUT2D eigenvalue weighted by Crippen LogP contribution is -2.28. The summed E-state index contributed by atoms with van der Waals surface area (Å²) in [6.07, 6.45) is 2.87. The van der Waals surface area contributed by atoms with Crippen LogP contribution < -0.4 is 5.32 Å². The Kier molecular flexibility index (Phi) is 2.46. The zero-order chi connectivity index (χ0) is 10.8. The van der Waals surface area contributed by atoms with Crippen LogP contribution in [0.5, 0.6) is 0 Å². The number of hydrogen-bond donors (Lipinski definition) is 1. The standard InChI is InChI=1S/C13H14N2O/c1-2-4-13-10(3-1)7-11(13)8-14-9-12-5-6-15-16-12/h1-6,11,14H,7-9H2. The summed E-state index contributed by atoms with van der Waals surface area (Å²) >= 11 is 0. The van der Waals surface area contributed by atoms with Gasteiger partial charge in [0.05, 0.1) is 12.7 Å². The Labute approximate surface area is 94.5 Å². The average Bonchev–Trinajstić information content (AvgIpc) is 2.77. The molecule has 0 amide bonds. The minimum atomic E-state index is 0.666. The van der Waals surface area contributed by atoms with Crippen molar-refractivity contribution in [2.75, 3.05) is 6.54 Å². The second kappa shape index (κ2) is 4.10. The van der Waals surface area contributed by atoms with E-state index in [4.69, 9.17) is 4.52 Å². The number of benzene rings is 1. The molecule has 1 atom stereocenters. The fourth-order valence-corrected chi connectivity index (χ4v) is 2.25. The quantitative estimate of drug-likeness (QED) is 0.847. The van der Waals surface area contributed by atoms with Gasteiger partial charge in [-0.25, -0.2) is 0 Å². The van der Waals surface area contributed by atoms with Crippen molar-refractivity contribution in [3.63, 3.8) is 0 Å². The van der Waals surface area contributed by atoms with Crippen LogP contribution in [0.1, 0.15) is 22.8 Å². The molecule has 0 saturated heterocycles. The summed E-state index contributed by atoms with van der Waals surface area (Å²) in [5.41, 5.74) is 2.99. The molecule has 1 N–H and O–H groups in total. The molecule has 3 rings (SSSR count). The van der Waals surface area contributed by atoms with Gasteiger partial charge in [-0.05, 0) is 17.5 Å². The highest BCUT2D eigenvalue weighted by molar-refractivity contribution is 5.40. The van der Waals surface area contributed by atoms with E-state index in [1.807, 2.05) is 6.07 Å². The molecule has 1 unspecified atom stereocenters. The van der Waals surface area contributed by atoms with Gasteiger partial charge in [0.1, 0.15) is 5.76 Å². The van der Waals surface area contributed by atoms with Crippen LogP contribution in [0.2, 0.25) is 0 Å². The maximum absolute atomic E-state index is 5.02. The molecule has 0 bridgehead atoms. The van der Waals surface area contributed by atoms with Gasteiger partial charge in [0.2, 0.25) is 0 Å². The molecule has 3 nitrogen and oxygen atoms in total. The van der Waals surface area contributed by atoms with Gasteiger partial charge in [-0.1, -0.05) is 29.4 Å². The van der Waals surface area contributed by atoms with Gasteiger partial charge in [0, 0.05) is 18.5 Å². The molecule has 3 heteroatoms. The van der Waals surface area contributed by atoms with E-state index in [0.29, 0.717) is 5.92 Å². The number of nitrogens with zero attached hydrogens (tertiary/aromatic N) is 1. The lowest BCUT2D eigenvalue weighted by molar-refractivity contribution is 0.369. The van der Waals surface area contributed by atoms with Gasteiger partial charge in [-0.2, -0.15) is 0 Å². The van der Waals surface area contributed by atoms with E-state index in [1.54, 1.807) is 6.20 Å². The second-order valence-electron chi connectivity index (χ2n) is 4.21. The summed E-state index contributed by atoms with van der Waals surface area (Å²) in [6.45, 7) is 1.77. The van der Waals surface area contributed by atoms with E-state index >= 15 is 0 Å². The van der Waals surface area contributed by atoms with Gasteiger partial charge in [0.25, 0.3) is 0 Å². The van der Waals surface area contributed by atoms with Gasteiger partial charge in [0.15, 0.2) is 0 Å². The van der Waals surface area contributed by atoms with Crippen molar-refractivity contribution in [1.29, 1.82) is 0 Å². The van der Waals surface area contributed by atoms with Crippen molar-refractivity contribution in [3.05, 3.63) is 53.4 Å². The molecule has 1 aromatic carbocycles. The zero-order valence-electron chi connectivity index (χ0n) is 9.02. The molecular formula is C13H14N2O. The molecule has 1 aliphatic rings. The highest BCUT2D eigenvalue weighted by Crippen LogP contribution is 2.33. The lowest BCUT2D eigenvalue weighted by atomic mass is 9.77.